The molecule has 2 aliphatic carbocycles. The van der Waals surface area contributed by atoms with Gasteiger partial charge in [0, 0.05) is 36.7 Å². The van der Waals surface area contributed by atoms with Gasteiger partial charge in [0.05, 0.1) is 56.0 Å². The van der Waals surface area contributed by atoms with E-state index in [2.05, 4.69) is 25.9 Å². The van der Waals surface area contributed by atoms with Gasteiger partial charge in [0.2, 0.25) is 5.91 Å². The number of aryl methyl sites for hydroxylation is 1. The van der Waals surface area contributed by atoms with Gasteiger partial charge in [0.15, 0.2) is 25.0 Å². The number of halogens is 1. The summed E-state index contributed by atoms with van der Waals surface area (Å²) in [6.45, 7) is 2.38. The van der Waals surface area contributed by atoms with Crippen LogP contribution in [0.2, 0.25) is 0 Å². The van der Waals surface area contributed by atoms with Crippen molar-refractivity contribution < 1.29 is 97.5 Å². The van der Waals surface area contributed by atoms with Gasteiger partial charge in [-0.2, -0.15) is 0 Å². The number of nitrogens with one attached hydrogen (secondary N) is 1. The molecule has 28 heteroatoms. The molecule has 91 heavy (non-hydrogen) atoms. The van der Waals surface area contributed by atoms with E-state index in [1.165, 1.54) is 52.8 Å². The zero-order valence-corrected chi connectivity index (χ0v) is 50.5. The van der Waals surface area contributed by atoms with Crippen LogP contribution in [0.1, 0.15) is 92.7 Å². The second-order valence-corrected chi connectivity index (χ2v) is 24.6. The number of aliphatic hydroxyl groups is 8. The smallest absolute Gasteiger partial charge is 0.338 e. The number of carbonyl (C=O) groups excluding carboxylic acids is 3. The van der Waals surface area contributed by atoms with Gasteiger partial charge in [-0.1, -0.05) is 96.6 Å². The van der Waals surface area contributed by atoms with Crippen LogP contribution in [0.15, 0.2) is 91.3 Å². The van der Waals surface area contributed by atoms with Crippen LogP contribution in [0.4, 0.5) is 4.39 Å². The van der Waals surface area contributed by atoms with Crippen molar-refractivity contribution in [2.45, 2.75) is 188 Å². The molecule has 0 bridgehead atoms. The number of carbonyl (C=O) groups is 3. The van der Waals surface area contributed by atoms with Crippen LogP contribution in [0.5, 0.6) is 0 Å². The highest BCUT2D eigenvalue weighted by atomic mass is 19.1. The molecule has 27 nitrogen and oxygen atoms in total. The number of rotatable bonds is 22. The van der Waals surface area contributed by atoms with Gasteiger partial charge in [0.25, 0.3) is 5.91 Å². The van der Waals surface area contributed by atoms with Crippen LogP contribution in [-0.2, 0) is 47.5 Å². The summed E-state index contributed by atoms with van der Waals surface area (Å²) >= 11 is 0. The first-order valence-electron chi connectivity index (χ1n) is 31.3. The monoisotopic (exact) mass is 1270 g/mol. The van der Waals surface area contributed by atoms with Gasteiger partial charge in [-0.15, -0.1) is 10.2 Å². The molecule has 4 saturated heterocycles. The molecule has 6 heterocycles. The lowest BCUT2D eigenvalue weighted by Gasteiger charge is -2.49. The topological polar surface area (TPSA) is 364 Å². The van der Waals surface area contributed by atoms with E-state index in [0.29, 0.717) is 24.3 Å². The van der Waals surface area contributed by atoms with Crippen LogP contribution >= 0.6 is 0 Å². The van der Waals surface area contributed by atoms with Crippen molar-refractivity contribution in [3.8, 4) is 22.5 Å². The van der Waals surface area contributed by atoms with E-state index in [0.717, 1.165) is 49.7 Å². The number of benzene rings is 3. The maximum Gasteiger partial charge on any atom is 0.338 e. The SMILES string of the molecule is Cc1cccc(-c2cn(C3C(O)[C@@H](OCCNC(=O)C4CC(n5cc(-c6cccc(F)c6)nn5)[C@@H](O[C@@H]5OC(C)[C@@H](O)[C@H](O)C5O)[C@H](O[C@@H]5O[C@@H](CO)[C@H](O)C(O[C@@H](CC6CCCCC6)C(=O)N6CCC6)C5OC(=O)c5ccccc5)C4)OC(CO)[C@H]3O)nn2)c1. The van der Waals surface area contributed by atoms with Crippen molar-refractivity contribution >= 4 is 17.8 Å². The average Bonchev–Trinajstić information content (AvgIpc) is 1.66. The van der Waals surface area contributed by atoms with Gasteiger partial charge < -0.3 is 89.0 Å². The molecule has 6 fully saturated rings. The number of ether oxygens (including phenoxy) is 8. The van der Waals surface area contributed by atoms with Crippen LogP contribution in [0.3, 0.4) is 0 Å². The number of esters is 1. The summed E-state index contributed by atoms with van der Waals surface area (Å²) in [5, 5.41) is 110. The van der Waals surface area contributed by atoms with Gasteiger partial charge in [-0.3, -0.25) is 9.59 Å². The zero-order chi connectivity index (χ0) is 64.0. The Labute approximate surface area is 523 Å². The van der Waals surface area contributed by atoms with Crippen molar-refractivity contribution in [1.82, 2.24) is 40.2 Å². The highest BCUT2D eigenvalue weighted by Gasteiger charge is 2.55. The number of amides is 2. The summed E-state index contributed by atoms with van der Waals surface area (Å²) in [7, 11) is 0. The third-order valence-electron chi connectivity index (χ3n) is 18.3. The van der Waals surface area contributed by atoms with Gasteiger partial charge in [0.1, 0.15) is 90.4 Å². The molecule has 0 radical (unpaired) electrons. The Morgan fingerprint density at radius 2 is 1.37 bits per heavy atom. The minimum absolute atomic E-state index is 0.0882. The summed E-state index contributed by atoms with van der Waals surface area (Å²) in [5.41, 5.74) is 2.79. The quantitative estimate of drug-likeness (QED) is 0.0348. The predicted octanol–water partition coefficient (Wildman–Crippen LogP) is 1.27. The molecular weight excluding hydrogens is 1190 g/mol. The Kier molecular flexibility index (Phi) is 21.6. The Bertz CT molecular complexity index is 3210. The largest absolute Gasteiger partial charge is 0.450 e. The normalized spacial score (nSPS) is 33.4. The van der Waals surface area contributed by atoms with Gasteiger partial charge in [-0.25, -0.2) is 18.5 Å². The Balaban J connectivity index is 0.911. The van der Waals surface area contributed by atoms with Crippen molar-refractivity contribution in [3.63, 3.8) is 0 Å². The lowest BCUT2D eigenvalue weighted by Crippen LogP contribution is -2.64. The summed E-state index contributed by atoms with van der Waals surface area (Å²) in [6, 6.07) is 18.7. The maximum absolute atomic E-state index is 14.9. The van der Waals surface area contributed by atoms with E-state index in [9.17, 15) is 59.6 Å². The van der Waals surface area contributed by atoms with E-state index >= 15 is 0 Å². The predicted molar refractivity (Wildman–Crippen MR) is 314 cm³/mol. The molecule has 0 spiro atoms. The first-order valence-corrected chi connectivity index (χ1v) is 31.3. The van der Waals surface area contributed by atoms with Crippen LogP contribution < -0.4 is 5.32 Å². The third kappa shape index (κ3) is 15.0. The summed E-state index contributed by atoms with van der Waals surface area (Å²) in [6.07, 6.45) is -17.7. The Hall–Kier alpha value is -6.32. The van der Waals surface area contributed by atoms with Crippen LogP contribution in [-0.4, -0.2) is 237 Å². The number of hydrogen-bond acceptors (Lipinski definition) is 23. The number of aromatic nitrogens is 6. The average molecular weight is 1270 g/mol. The fraction of sp³-hybridized carbons (Fsp3) is 0.603. The fourth-order valence-corrected chi connectivity index (χ4v) is 13.1. The van der Waals surface area contributed by atoms with Crippen molar-refractivity contribution in [2.24, 2.45) is 11.8 Å². The van der Waals surface area contributed by atoms with E-state index in [4.69, 9.17) is 37.9 Å². The molecule has 3 aromatic carbocycles. The van der Waals surface area contributed by atoms with E-state index in [-0.39, 0.29) is 55.5 Å². The highest BCUT2D eigenvalue weighted by molar-refractivity contribution is 5.89. The highest BCUT2D eigenvalue weighted by Crippen LogP contribution is 2.42. The lowest BCUT2D eigenvalue weighted by atomic mass is 9.80. The Morgan fingerprint density at radius 1 is 0.692 bits per heavy atom. The molecule has 20 atom stereocenters. The van der Waals surface area contributed by atoms with Crippen molar-refractivity contribution in [2.75, 3.05) is 39.5 Å². The van der Waals surface area contributed by atoms with Gasteiger partial charge >= 0.3 is 5.97 Å². The van der Waals surface area contributed by atoms with E-state index in [1.54, 1.807) is 35.4 Å². The van der Waals surface area contributed by atoms with Crippen molar-refractivity contribution in [1.29, 1.82) is 0 Å². The fourth-order valence-electron chi connectivity index (χ4n) is 13.1. The van der Waals surface area contributed by atoms with E-state index < -0.39 is 153 Å². The minimum atomic E-state index is -1.88. The number of nitrogens with zero attached hydrogens (tertiary/aromatic N) is 7. The maximum atomic E-state index is 14.9. The summed E-state index contributed by atoms with van der Waals surface area (Å²) in [4.78, 5) is 45.4. The third-order valence-corrected chi connectivity index (χ3v) is 18.3. The number of aliphatic hydroxyl groups excluding tert-OH is 8. The molecule has 11 rings (SSSR count). The van der Waals surface area contributed by atoms with E-state index in [1.807, 2.05) is 31.2 Å². The molecule has 2 amide bonds. The molecule has 9 N–H and O–H groups in total. The van der Waals surface area contributed by atoms with Crippen molar-refractivity contribution in [3.05, 3.63) is 108 Å². The van der Waals surface area contributed by atoms with Gasteiger partial charge in [-0.05, 0) is 75.8 Å². The molecule has 2 saturated carbocycles. The molecule has 6 aliphatic rings. The zero-order valence-electron chi connectivity index (χ0n) is 50.5. The second-order valence-electron chi connectivity index (χ2n) is 24.6. The standard InChI is InChI=1S/C63H81FN8O19/c1-33-12-9-17-37(24-33)42-30-72(69-67-42)48-50(76)46(31-73)88-61(52(48)78)84-23-20-65-58(81)39-27-43(71-29-41(66-68-71)38-18-10-19-40(64)26-38)55(91-62-54(80)53(79)49(75)34(2)85-62)44(28-39)87-63-57(90-60(83)36-15-7-4-8-16-36)56(51(77)47(32-74)89-63)86-45(59(82)70-21-11-22-70)25-35-13-5-3-6-14-35/h4,7-10,12,15-19,24,26,29-30,34-35,39,43-57,61-63,73-80H,3,5-6,11,13-14,20-23,25,27-28,31-32H2,1-2H3,(H,65,81)/t34?,39?,43?,44-,45+,46?,47+,48?,49-,50-,51+,52?,53+,54?,55-,56?,57?,61+,62+,63-/m1/s1. The summed E-state index contributed by atoms with van der Waals surface area (Å²) < 4.78 is 68.5. The summed E-state index contributed by atoms with van der Waals surface area (Å²) in [5.74, 6) is -3.37. The molecule has 4 aliphatic heterocycles. The Morgan fingerprint density at radius 3 is 2.07 bits per heavy atom. The lowest BCUT2D eigenvalue weighted by molar-refractivity contribution is -0.348. The molecule has 2 aromatic heterocycles. The second kappa shape index (κ2) is 29.7. The molecule has 494 valence electrons. The van der Waals surface area contributed by atoms with Crippen LogP contribution in [0, 0.1) is 24.6 Å². The van der Waals surface area contributed by atoms with Crippen LogP contribution in [0.25, 0.3) is 22.5 Å². The number of likely N-dealkylation sites (tertiary alicyclic amines) is 1. The minimum Gasteiger partial charge on any atom is -0.450 e. The molecule has 9 unspecified atom stereocenters. The molecule has 5 aromatic rings. The molecular formula is C63H81FN8O19. The first-order chi connectivity index (χ1) is 44.0. The first kappa shape index (κ1) is 66.1. The number of hydrogen-bond donors (Lipinski definition) is 9.